The molecule has 6 heteroatoms. The van der Waals surface area contributed by atoms with Crippen LogP contribution in [-0.2, 0) is 4.79 Å². The number of hydrogen-bond acceptors (Lipinski definition) is 3. The van der Waals surface area contributed by atoms with Crippen LogP contribution in [0.1, 0.15) is 19.4 Å². The van der Waals surface area contributed by atoms with Crippen LogP contribution in [0.4, 0.5) is 5.69 Å². The van der Waals surface area contributed by atoms with Crippen molar-refractivity contribution in [2.45, 2.75) is 13.8 Å². The van der Waals surface area contributed by atoms with Crippen molar-refractivity contribution in [1.82, 2.24) is 5.32 Å². The zero-order valence-corrected chi connectivity index (χ0v) is 14.3. The number of benzene rings is 1. The van der Waals surface area contributed by atoms with Crippen LogP contribution in [0, 0.1) is 5.92 Å². The molecule has 1 aromatic rings. The molecule has 20 heavy (non-hydrogen) atoms. The van der Waals surface area contributed by atoms with Gasteiger partial charge in [-0.15, -0.1) is 0 Å². The quantitative estimate of drug-likeness (QED) is 0.766. The zero-order chi connectivity index (χ0) is 15.3. The lowest BCUT2D eigenvalue weighted by molar-refractivity contribution is -0.119. The van der Waals surface area contributed by atoms with Crippen molar-refractivity contribution >= 4 is 44.7 Å². The molecule has 110 valence electrons. The van der Waals surface area contributed by atoms with Gasteiger partial charge < -0.3 is 16.0 Å². The van der Waals surface area contributed by atoms with E-state index in [1.54, 1.807) is 0 Å². The molecular weight excluding hydrogens is 338 g/mol. The lowest BCUT2D eigenvalue weighted by Gasteiger charge is -2.22. The van der Waals surface area contributed by atoms with Crippen LogP contribution in [-0.4, -0.2) is 31.0 Å². The van der Waals surface area contributed by atoms with E-state index < -0.39 is 0 Å². The first-order valence-corrected chi connectivity index (χ1v) is 7.58. The number of carbonyl (C=O) groups is 1. The predicted molar refractivity (Wildman–Crippen MR) is 91.1 cm³/mol. The van der Waals surface area contributed by atoms with Gasteiger partial charge in [-0.25, -0.2) is 0 Å². The summed E-state index contributed by atoms with van der Waals surface area (Å²) in [6.45, 7) is 5.05. The minimum atomic E-state index is -0.0185. The van der Waals surface area contributed by atoms with Gasteiger partial charge >= 0.3 is 0 Å². The first-order valence-electron chi connectivity index (χ1n) is 6.38. The molecule has 0 fully saturated rings. The fraction of sp³-hybridized carbons (Fsp3) is 0.429. The van der Waals surface area contributed by atoms with Gasteiger partial charge in [-0.2, -0.15) is 0 Å². The van der Waals surface area contributed by atoms with E-state index in [0.717, 1.165) is 15.7 Å². The van der Waals surface area contributed by atoms with E-state index in [0.29, 0.717) is 17.5 Å². The Labute approximate surface area is 133 Å². The molecule has 1 aromatic carbocycles. The van der Waals surface area contributed by atoms with Gasteiger partial charge in [0.2, 0.25) is 5.91 Å². The van der Waals surface area contributed by atoms with Crippen LogP contribution < -0.4 is 16.0 Å². The molecule has 0 atom stereocenters. The van der Waals surface area contributed by atoms with Crippen molar-refractivity contribution in [3.8, 4) is 0 Å². The average molecular weight is 358 g/mol. The van der Waals surface area contributed by atoms with Gasteiger partial charge in [0.05, 0.1) is 6.54 Å². The maximum atomic E-state index is 11.9. The van der Waals surface area contributed by atoms with E-state index in [-0.39, 0.29) is 12.5 Å². The Balaban J connectivity index is 2.81. The molecule has 0 spiro atoms. The number of thiocarbonyl (C=S) groups is 1. The second-order valence-corrected chi connectivity index (χ2v) is 6.44. The molecule has 0 radical (unpaired) electrons. The highest BCUT2D eigenvalue weighted by molar-refractivity contribution is 9.10. The topological polar surface area (TPSA) is 58.4 Å². The summed E-state index contributed by atoms with van der Waals surface area (Å²) < 4.78 is 0.918. The minimum absolute atomic E-state index is 0.0185. The number of nitrogens with zero attached hydrogens (tertiary/aromatic N) is 1. The van der Waals surface area contributed by atoms with E-state index in [1.807, 2.05) is 30.1 Å². The first-order chi connectivity index (χ1) is 9.31. The smallest absolute Gasteiger partial charge is 0.239 e. The SMILES string of the molecule is CC(C)CNC(=O)CN(C)c1cc(Br)ccc1C(N)=S. The Kier molecular flexibility index (Phi) is 6.42. The second kappa shape index (κ2) is 7.59. The molecule has 1 amide bonds. The van der Waals surface area contributed by atoms with Crippen LogP contribution in [0.2, 0.25) is 0 Å². The Morgan fingerprint density at radius 3 is 2.70 bits per heavy atom. The Morgan fingerprint density at radius 1 is 1.50 bits per heavy atom. The Hall–Kier alpha value is -1.14. The molecule has 4 nitrogen and oxygen atoms in total. The number of likely N-dealkylation sites (N-methyl/N-ethyl adjacent to an activating group) is 1. The summed E-state index contributed by atoms with van der Waals surface area (Å²) in [6, 6.07) is 5.64. The van der Waals surface area contributed by atoms with Crippen molar-refractivity contribution in [2.24, 2.45) is 11.7 Å². The molecule has 0 bridgehead atoms. The number of carbonyl (C=O) groups excluding carboxylic acids is 1. The van der Waals surface area contributed by atoms with Crippen molar-refractivity contribution in [2.75, 3.05) is 25.0 Å². The third-order valence-corrected chi connectivity index (χ3v) is 3.44. The number of amides is 1. The van der Waals surface area contributed by atoms with Gasteiger partial charge in [-0.1, -0.05) is 42.0 Å². The molecule has 0 saturated heterocycles. The number of anilines is 1. The molecule has 0 heterocycles. The van der Waals surface area contributed by atoms with E-state index in [2.05, 4.69) is 35.1 Å². The molecule has 0 saturated carbocycles. The van der Waals surface area contributed by atoms with E-state index in [4.69, 9.17) is 18.0 Å². The first kappa shape index (κ1) is 16.9. The van der Waals surface area contributed by atoms with Crippen LogP contribution >= 0.6 is 28.1 Å². The van der Waals surface area contributed by atoms with Gasteiger partial charge in [0.1, 0.15) is 4.99 Å². The summed E-state index contributed by atoms with van der Waals surface area (Å²) in [4.78, 5) is 14.0. The van der Waals surface area contributed by atoms with E-state index in [1.165, 1.54) is 0 Å². The average Bonchev–Trinajstić information content (AvgIpc) is 2.35. The molecule has 0 aliphatic carbocycles. The predicted octanol–water partition coefficient (Wildman–Crippen LogP) is 2.29. The maximum Gasteiger partial charge on any atom is 0.239 e. The van der Waals surface area contributed by atoms with Gasteiger partial charge in [0.25, 0.3) is 0 Å². The summed E-state index contributed by atoms with van der Waals surface area (Å²) >= 11 is 8.46. The number of halogens is 1. The highest BCUT2D eigenvalue weighted by atomic mass is 79.9. The standard InChI is InChI=1S/C14H20BrN3OS/c1-9(2)7-17-13(19)8-18(3)12-6-10(15)4-5-11(12)14(16)20/h4-6,9H,7-8H2,1-3H3,(H2,16,20)(H,17,19). The van der Waals surface area contributed by atoms with E-state index in [9.17, 15) is 4.79 Å². The number of nitrogens with two attached hydrogens (primary N) is 1. The van der Waals surface area contributed by atoms with Crippen LogP contribution in [0.3, 0.4) is 0 Å². The van der Waals surface area contributed by atoms with Crippen molar-refractivity contribution in [1.29, 1.82) is 0 Å². The summed E-state index contributed by atoms with van der Waals surface area (Å²) in [5.41, 5.74) is 7.33. The van der Waals surface area contributed by atoms with Crippen molar-refractivity contribution < 1.29 is 4.79 Å². The van der Waals surface area contributed by atoms with Crippen molar-refractivity contribution in [3.63, 3.8) is 0 Å². The number of hydrogen-bond donors (Lipinski definition) is 2. The normalized spacial score (nSPS) is 10.4. The fourth-order valence-corrected chi connectivity index (χ4v) is 2.23. The highest BCUT2D eigenvalue weighted by Gasteiger charge is 2.13. The summed E-state index contributed by atoms with van der Waals surface area (Å²) in [5.74, 6) is 0.414. The Bertz CT molecular complexity index is 505. The summed E-state index contributed by atoms with van der Waals surface area (Å²) in [6.07, 6.45) is 0. The van der Waals surface area contributed by atoms with Crippen LogP contribution in [0.25, 0.3) is 0 Å². The third kappa shape index (κ3) is 5.09. The third-order valence-electron chi connectivity index (χ3n) is 2.72. The molecule has 3 N–H and O–H groups in total. The Morgan fingerprint density at radius 2 is 2.15 bits per heavy atom. The summed E-state index contributed by atoms with van der Waals surface area (Å²) in [7, 11) is 1.85. The lowest BCUT2D eigenvalue weighted by Crippen LogP contribution is -2.37. The van der Waals surface area contributed by atoms with Gasteiger partial charge in [0.15, 0.2) is 0 Å². The molecule has 0 unspecified atom stereocenters. The van der Waals surface area contributed by atoms with Crippen LogP contribution in [0.15, 0.2) is 22.7 Å². The maximum absolute atomic E-state index is 11.9. The van der Waals surface area contributed by atoms with E-state index >= 15 is 0 Å². The van der Waals surface area contributed by atoms with Gasteiger partial charge in [0, 0.05) is 29.3 Å². The van der Waals surface area contributed by atoms with Gasteiger partial charge in [-0.3, -0.25) is 4.79 Å². The van der Waals surface area contributed by atoms with Crippen molar-refractivity contribution in [3.05, 3.63) is 28.2 Å². The largest absolute Gasteiger partial charge is 0.389 e. The minimum Gasteiger partial charge on any atom is -0.389 e. The molecule has 1 rings (SSSR count). The monoisotopic (exact) mass is 357 g/mol. The zero-order valence-electron chi connectivity index (χ0n) is 11.9. The highest BCUT2D eigenvalue weighted by Crippen LogP contribution is 2.24. The number of rotatable bonds is 6. The molecule has 0 aliphatic rings. The van der Waals surface area contributed by atoms with Gasteiger partial charge in [-0.05, 0) is 24.1 Å². The molecule has 0 aliphatic heterocycles. The summed E-state index contributed by atoms with van der Waals surface area (Å²) in [5, 5.41) is 2.89. The number of nitrogens with one attached hydrogen (secondary N) is 1. The lowest BCUT2D eigenvalue weighted by atomic mass is 10.1. The molecular formula is C14H20BrN3OS. The van der Waals surface area contributed by atoms with Crippen LogP contribution in [0.5, 0.6) is 0 Å². The molecule has 0 aromatic heterocycles. The second-order valence-electron chi connectivity index (χ2n) is 5.08. The fourth-order valence-electron chi connectivity index (χ4n) is 1.70.